The molecule has 0 aromatic carbocycles. The Morgan fingerprint density at radius 1 is 1.50 bits per heavy atom. The summed E-state index contributed by atoms with van der Waals surface area (Å²) in [6.45, 7) is 3.87. The lowest BCUT2D eigenvalue weighted by molar-refractivity contribution is 0.0690. The van der Waals surface area contributed by atoms with Crippen LogP contribution in [0.1, 0.15) is 29.9 Å². The molecule has 0 bridgehead atoms. The molecule has 1 N–H and O–H groups in total. The Morgan fingerprint density at radius 3 is 2.75 bits per heavy atom. The molecule has 1 saturated heterocycles. The lowest BCUT2D eigenvalue weighted by atomic mass is 10.1. The minimum atomic E-state index is -2.89. The molecular formula is C11H18N4O4S. The van der Waals surface area contributed by atoms with Crippen LogP contribution in [0.25, 0.3) is 0 Å². The molecular weight excluding hydrogens is 284 g/mol. The molecule has 1 fully saturated rings. The van der Waals surface area contributed by atoms with Crippen LogP contribution in [0.15, 0.2) is 6.20 Å². The van der Waals surface area contributed by atoms with Crippen molar-refractivity contribution in [1.82, 2.24) is 19.9 Å². The Hall–Kier alpha value is -1.48. The Morgan fingerprint density at radius 2 is 2.20 bits per heavy atom. The van der Waals surface area contributed by atoms with E-state index < -0.39 is 15.8 Å². The van der Waals surface area contributed by atoms with Gasteiger partial charge in [-0.3, -0.25) is 4.90 Å². The normalized spacial score (nSPS) is 17.1. The first kappa shape index (κ1) is 14.9. The lowest BCUT2D eigenvalue weighted by Gasteiger charge is -2.38. The van der Waals surface area contributed by atoms with E-state index in [4.69, 9.17) is 5.11 Å². The maximum Gasteiger partial charge on any atom is 0.358 e. The summed E-state index contributed by atoms with van der Waals surface area (Å²) in [6.07, 6.45) is 2.05. The van der Waals surface area contributed by atoms with Crippen LogP contribution in [-0.4, -0.2) is 70.5 Å². The first-order valence-corrected chi connectivity index (χ1v) is 8.31. The zero-order valence-electron chi connectivity index (χ0n) is 11.3. The van der Waals surface area contributed by atoms with E-state index in [1.807, 2.05) is 0 Å². The van der Waals surface area contributed by atoms with E-state index in [1.54, 1.807) is 11.6 Å². The van der Waals surface area contributed by atoms with Gasteiger partial charge in [-0.15, -0.1) is 5.10 Å². The second kappa shape index (κ2) is 5.88. The number of nitrogens with zero attached hydrogens (tertiary/aromatic N) is 4. The fourth-order valence-electron chi connectivity index (χ4n) is 2.10. The molecule has 1 aliphatic rings. The second-order valence-corrected chi connectivity index (χ2v) is 7.37. The highest BCUT2D eigenvalue weighted by molar-refractivity contribution is 7.91. The number of carboxylic acid groups (broad SMARTS) is 1. The van der Waals surface area contributed by atoms with Crippen molar-refractivity contribution in [3.05, 3.63) is 11.9 Å². The summed E-state index contributed by atoms with van der Waals surface area (Å²) in [5.41, 5.74) is -0.0579. The highest BCUT2D eigenvalue weighted by Crippen LogP contribution is 2.20. The van der Waals surface area contributed by atoms with Crippen LogP contribution in [0.2, 0.25) is 0 Å². The first-order chi connectivity index (χ1) is 9.41. The Kier molecular flexibility index (Phi) is 4.39. The number of carbonyl (C=O) groups is 1. The number of aromatic nitrogens is 3. The fraction of sp³-hybridized carbons (Fsp3) is 0.727. The minimum Gasteiger partial charge on any atom is -0.476 e. The van der Waals surface area contributed by atoms with Crippen molar-refractivity contribution in [3.8, 4) is 0 Å². The van der Waals surface area contributed by atoms with Gasteiger partial charge in [-0.1, -0.05) is 12.1 Å². The van der Waals surface area contributed by atoms with E-state index >= 15 is 0 Å². The molecule has 8 nitrogen and oxygen atoms in total. The smallest absolute Gasteiger partial charge is 0.358 e. The molecule has 1 aliphatic heterocycles. The van der Waals surface area contributed by atoms with E-state index in [0.29, 0.717) is 6.42 Å². The maximum absolute atomic E-state index is 11.3. The molecule has 0 radical (unpaired) electrons. The zero-order valence-corrected chi connectivity index (χ0v) is 12.1. The highest BCUT2D eigenvalue weighted by Gasteiger charge is 2.29. The van der Waals surface area contributed by atoms with Crippen molar-refractivity contribution in [3.63, 3.8) is 0 Å². The predicted molar refractivity (Wildman–Crippen MR) is 71.4 cm³/mol. The standard InChI is InChI=1S/C11H18N4O4S/c1-2-20(18,19)5-3-4-14-6-9(7-14)15-8-10(11(16)17)12-13-15/h8-9H,2-7H2,1H3,(H,16,17). The van der Waals surface area contributed by atoms with Gasteiger partial charge in [0.2, 0.25) is 0 Å². The number of hydrogen-bond acceptors (Lipinski definition) is 6. The molecule has 0 spiro atoms. The van der Waals surface area contributed by atoms with Crippen LogP contribution in [0, 0.1) is 0 Å². The maximum atomic E-state index is 11.3. The summed E-state index contributed by atoms with van der Waals surface area (Å²) < 4.78 is 24.2. The number of carboxylic acids is 1. The lowest BCUT2D eigenvalue weighted by Crippen LogP contribution is -2.48. The van der Waals surface area contributed by atoms with Crippen LogP contribution < -0.4 is 0 Å². The third kappa shape index (κ3) is 3.54. The van der Waals surface area contributed by atoms with Gasteiger partial charge in [0.1, 0.15) is 9.84 Å². The topological polar surface area (TPSA) is 105 Å². The van der Waals surface area contributed by atoms with Crippen LogP contribution >= 0.6 is 0 Å². The molecule has 1 aromatic rings. The minimum absolute atomic E-state index is 0.0579. The van der Waals surface area contributed by atoms with Gasteiger partial charge in [0, 0.05) is 18.8 Å². The molecule has 2 heterocycles. The van der Waals surface area contributed by atoms with E-state index in [1.165, 1.54) is 6.20 Å². The number of rotatable bonds is 7. The Labute approximate surface area is 117 Å². The highest BCUT2D eigenvalue weighted by atomic mass is 32.2. The average Bonchev–Trinajstić information content (AvgIpc) is 2.81. The van der Waals surface area contributed by atoms with Crippen molar-refractivity contribution in [2.24, 2.45) is 0 Å². The van der Waals surface area contributed by atoms with E-state index in [9.17, 15) is 13.2 Å². The van der Waals surface area contributed by atoms with Gasteiger partial charge >= 0.3 is 5.97 Å². The van der Waals surface area contributed by atoms with Crippen molar-refractivity contribution in [2.75, 3.05) is 31.1 Å². The predicted octanol–water partition coefficient (Wildman–Crippen LogP) is -0.342. The summed E-state index contributed by atoms with van der Waals surface area (Å²) in [7, 11) is -2.89. The summed E-state index contributed by atoms with van der Waals surface area (Å²) >= 11 is 0. The number of sulfone groups is 1. The third-order valence-electron chi connectivity index (χ3n) is 3.41. The quantitative estimate of drug-likeness (QED) is 0.734. The Balaban J connectivity index is 1.73. The van der Waals surface area contributed by atoms with E-state index in [0.717, 1.165) is 19.6 Å². The monoisotopic (exact) mass is 302 g/mol. The van der Waals surface area contributed by atoms with Gasteiger partial charge in [-0.25, -0.2) is 17.9 Å². The number of likely N-dealkylation sites (tertiary alicyclic amines) is 1. The summed E-state index contributed by atoms with van der Waals surface area (Å²) in [5, 5.41) is 16.1. The molecule has 0 saturated carbocycles. The summed E-state index contributed by atoms with van der Waals surface area (Å²) in [6, 6.07) is 0.124. The van der Waals surface area contributed by atoms with E-state index in [2.05, 4.69) is 15.2 Å². The SMILES string of the molecule is CCS(=O)(=O)CCCN1CC(n2cc(C(=O)O)nn2)C1. The van der Waals surface area contributed by atoms with E-state index in [-0.39, 0.29) is 23.2 Å². The number of aromatic carboxylic acids is 1. The van der Waals surface area contributed by atoms with Crippen molar-refractivity contribution >= 4 is 15.8 Å². The van der Waals surface area contributed by atoms with Crippen LogP contribution in [0.3, 0.4) is 0 Å². The second-order valence-electron chi connectivity index (χ2n) is 4.89. The fourth-order valence-corrected chi connectivity index (χ4v) is 2.96. The first-order valence-electron chi connectivity index (χ1n) is 6.49. The molecule has 0 amide bonds. The van der Waals surface area contributed by atoms with Crippen LogP contribution in [0.4, 0.5) is 0 Å². The van der Waals surface area contributed by atoms with Gasteiger partial charge in [0.05, 0.1) is 18.0 Å². The van der Waals surface area contributed by atoms with Crippen molar-refractivity contribution < 1.29 is 18.3 Å². The molecule has 20 heavy (non-hydrogen) atoms. The molecule has 2 rings (SSSR count). The molecule has 0 aliphatic carbocycles. The molecule has 0 unspecified atom stereocenters. The number of hydrogen-bond donors (Lipinski definition) is 1. The van der Waals surface area contributed by atoms with Gasteiger partial charge in [0.15, 0.2) is 5.69 Å². The summed E-state index contributed by atoms with van der Waals surface area (Å²) in [5.74, 6) is -0.679. The van der Waals surface area contributed by atoms with Crippen LogP contribution in [-0.2, 0) is 9.84 Å². The molecule has 112 valence electrons. The van der Waals surface area contributed by atoms with Crippen molar-refractivity contribution in [1.29, 1.82) is 0 Å². The van der Waals surface area contributed by atoms with Gasteiger partial charge < -0.3 is 5.11 Å². The average molecular weight is 302 g/mol. The van der Waals surface area contributed by atoms with Gasteiger partial charge in [-0.2, -0.15) is 0 Å². The molecule has 9 heteroatoms. The third-order valence-corrected chi connectivity index (χ3v) is 5.20. The molecule has 1 aromatic heterocycles. The summed E-state index contributed by atoms with van der Waals surface area (Å²) in [4.78, 5) is 12.8. The van der Waals surface area contributed by atoms with Gasteiger partial charge in [0.25, 0.3) is 0 Å². The zero-order chi connectivity index (χ0) is 14.8. The Bertz CT molecular complexity index is 577. The van der Waals surface area contributed by atoms with Crippen LogP contribution in [0.5, 0.6) is 0 Å². The van der Waals surface area contributed by atoms with Gasteiger partial charge in [-0.05, 0) is 13.0 Å². The largest absolute Gasteiger partial charge is 0.476 e. The molecule has 0 atom stereocenters. The van der Waals surface area contributed by atoms with Crippen molar-refractivity contribution in [2.45, 2.75) is 19.4 Å².